The fourth-order valence-electron chi connectivity index (χ4n) is 3.48. The summed E-state index contributed by atoms with van der Waals surface area (Å²) in [4.78, 5) is 12.5. The van der Waals surface area contributed by atoms with Crippen molar-refractivity contribution < 1.29 is 9.53 Å². The van der Waals surface area contributed by atoms with E-state index in [0.29, 0.717) is 6.42 Å². The molecule has 0 spiro atoms. The van der Waals surface area contributed by atoms with Crippen LogP contribution in [0.3, 0.4) is 0 Å². The number of hydrogen-bond acceptors (Lipinski definition) is 3. The molecule has 120 valence electrons. The lowest BCUT2D eigenvalue weighted by Gasteiger charge is -2.41. The fraction of sp³-hybridized carbons (Fsp3) is 0.350. The van der Waals surface area contributed by atoms with Crippen LogP contribution in [-0.2, 0) is 22.4 Å². The second-order valence-electron chi connectivity index (χ2n) is 6.46. The predicted octanol–water partition coefficient (Wildman–Crippen LogP) is 3.84. The first kappa shape index (κ1) is 15.6. The van der Waals surface area contributed by atoms with E-state index in [1.807, 2.05) is 25.1 Å². The molecule has 2 aromatic carbocycles. The number of carbonyl (C=O) groups excluding carboxylic acids is 1. The lowest BCUT2D eigenvalue weighted by Crippen LogP contribution is -2.49. The van der Waals surface area contributed by atoms with E-state index in [9.17, 15) is 4.79 Å². The predicted molar refractivity (Wildman–Crippen MR) is 92.4 cm³/mol. The summed E-state index contributed by atoms with van der Waals surface area (Å²) < 4.78 is 5.11. The van der Waals surface area contributed by atoms with E-state index in [1.54, 1.807) is 0 Å². The molecule has 0 saturated carbocycles. The van der Waals surface area contributed by atoms with E-state index in [2.05, 4.69) is 41.7 Å². The molecule has 0 amide bonds. The number of benzene rings is 2. The Morgan fingerprint density at radius 1 is 1.17 bits per heavy atom. The number of esters is 1. The van der Waals surface area contributed by atoms with Crippen molar-refractivity contribution in [1.29, 1.82) is 0 Å². The summed E-state index contributed by atoms with van der Waals surface area (Å²) in [5, 5.41) is 3.57. The first-order valence-corrected chi connectivity index (χ1v) is 8.10. The number of anilines is 1. The van der Waals surface area contributed by atoms with Gasteiger partial charge in [0.15, 0.2) is 0 Å². The molecule has 0 bridgehead atoms. The molecule has 2 atom stereocenters. The molecule has 1 aliphatic heterocycles. The Hall–Kier alpha value is -2.29. The van der Waals surface area contributed by atoms with Gasteiger partial charge in [0.1, 0.15) is 0 Å². The molecule has 0 aliphatic carbocycles. The van der Waals surface area contributed by atoms with Crippen LogP contribution in [0.25, 0.3) is 0 Å². The van der Waals surface area contributed by atoms with Crippen LogP contribution in [0.2, 0.25) is 0 Å². The van der Waals surface area contributed by atoms with Crippen molar-refractivity contribution >= 4 is 11.7 Å². The number of para-hydroxylation sites is 1. The summed E-state index contributed by atoms with van der Waals surface area (Å²) in [6.07, 6.45) is 2.54. The summed E-state index contributed by atoms with van der Waals surface area (Å²) in [5.41, 5.74) is 3.06. The zero-order valence-corrected chi connectivity index (χ0v) is 13.7. The Morgan fingerprint density at radius 3 is 2.61 bits per heavy atom. The van der Waals surface area contributed by atoms with Gasteiger partial charge in [0.25, 0.3) is 0 Å². The van der Waals surface area contributed by atoms with Gasteiger partial charge in [0, 0.05) is 11.7 Å². The van der Waals surface area contributed by atoms with Crippen LogP contribution in [0.5, 0.6) is 0 Å². The van der Waals surface area contributed by atoms with Gasteiger partial charge in [0.2, 0.25) is 0 Å². The largest absolute Gasteiger partial charge is 0.469 e. The molecule has 0 radical (unpaired) electrons. The van der Waals surface area contributed by atoms with E-state index < -0.39 is 5.41 Å². The fourth-order valence-corrected chi connectivity index (χ4v) is 3.48. The number of rotatable bonds is 4. The van der Waals surface area contributed by atoms with Crippen LogP contribution in [0.1, 0.15) is 24.5 Å². The van der Waals surface area contributed by atoms with Crippen LogP contribution in [0.4, 0.5) is 5.69 Å². The van der Waals surface area contributed by atoms with Crippen molar-refractivity contribution in [2.75, 3.05) is 12.4 Å². The average molecular weight is 309 g/mol. The minimum atomic E-state index is -0.544. The first-order valence-electron chi connectivity index (χ1n) is 8.10. The molecule has 0 unspecified atom stereocenters. The third-order valence-corrected chi connectivity index (χ3v) is 4.89. The number of carbonyl (C=O) groups is 1. The van der Waals surface area contributed by atoms with Crippen LogP contribution < -0.4 is 5.32 Å². The second-order valence-corrected chi connectivity index (χ2v) is 6.46. The number of methoxy groups -OCH3 is 1. The Labute approximate surface area is 137 Å². The maximum absolute atomic E-state index is 12.5. The van der Waals surface area contributed by atoms with Gasteiger partial charge < -0.3 is 10.1 Å². The SMILES string of the molecule is COC(=O)[C@@]1(C)Cc2ccccc2N[C@H]1CCc1ccccc1. The monoisotopic (exact) mass is 309 g/mol. The summed E-state index contributed by atoms with van der Waals surface area (Å²) in [5.74, 6) is -0.141. The van der Waals surface area contributed by atoms with Crippen molar-refractivity contribution in [3.05, 3.63) is 65.7 Å². The zero-order chi connectivity index (χ0) is 16.3. The summed E-state index contributed by atoms with van der Waals surface area (Å²) >= 11 is 0. The van der Waals surface area contributed by atoms with Gasteiger partial charge >= 0.3 is 5.97 Å². The highest BCUT2D eigenvalue weighted by Crippen LogP contribution is 2.39. The van der Waals surface area contributed by atoms with Gasteiger partial charge in [-0.05, 0) is 43.4 Å². The molecule has 1 N–H and O–H groups in total. The van der Waals surface area contributed by atoms with Crippen molar-refractivity contribution in [3.63, 3.8) is 0 Å². The molecular weight excluding hydrogens is 286 g/mol. The van der Waals surface area contributed by atoms with Gasteiger partial charge in [-0.1, -0.05) is 48.5 Å². The Morgan fingerprint density at radius 2 is 1.87 bits per heavy atom. The Kier molecular flexibility index (Phi) is 4.37. The molecule has 3 heteroatoms. The topological polar surface area (TPSA) is 38.3 Å². The second kappa shape index (κ2) is 6.45. The molecule has 2 aromatic rings. The van der Waals surface area contributed by atoms with E-state index in [0.717, 1.165) is 18.5 Å². The van der Waals surface area contributed by atoms with E-state index >= 15 is 0 Å². The molecule has 0 saturated heterocycles. The lowest BCUT2D eigenvalue weighted by atomic mass is 9.72. The van der Waals surface area contributed by atoms with Crippen molar-refractivity contribution in [2.45, 2.75) is 32.2 Å². The number of fused-ring (bicyclic) bond motifs is 1. The third-order valence-electron chi connectivity index (χ3n) is 4.89. The maximum atomic E-state index is 12.5. The molecule has 0 aromatic heterocycles. The normalized spacial score (nSPS) is 22.8. The summed E-state index contributed by atoms with van der Waals surface area (Å²) in [7, 11) is 1.47. The van der Waals surface area contributed by atoms with Crippen LogP contribution in [0.15, 0.2) is 54.6 Å². The first-order chi connectivity index (χ1) is 11.1. The molecular formula is C20H23NO2. The van der Waals surface area contributed by atoms with E-state index in [1.165, 1.54) is 18.2 Å². The quantitative estimate of drug-likeness (QED) is 0.872. The van der Waals surface area contributed by atoms with Gasteiger partial charge in [-0.2, -0.15) is 0 Å². The summed E-state index contributed by atoms with van der Waals surface area (Å²) in [6, 6.07) is 18.7. The standard InChI is InChI=1S/C20H23NO2/c1-20(19(22)23-2)14-16-10-6-7-11-17(16)21-18(20)13-12-15-8-4-3-5-9-15/h3-11,18,21H,12-14H2,1-2H3/t18-,20-/m0/s1. The Bertz CT molecular complexity index is 683. The zero-order valence-electron chi connectivity index (χ0n) is 13.7. The molecule has 1 aliphatic rings. The number of nitrogens with one attached hydrogen (secondary N) is 1. The van der Waals surface area contributed by atoms with E-state index in [-0.39, 0.29) is 12.0 Å². The third kappa shape index (κ3) is 3.09. The van der Waals surface area contributed by atoms with Crippen LogP contribution >= 0.6 is 0 Å². The van der Waals surface area contributed by atoms with Gasteiger partial charge in [0.05, 0.1) is 12.5 Å². The van der Waals surface area contributed by atoms with E-state index in [4.69, 9.17) is 4.74 Å². The number of ether oxygens (including phenoxy) is 1. The maximum Gasteiger partial charge on any atom is 0.313 e. The van der Waals surface area contributed by atoms with Crippen molar-refractivity contribution in [3.8, 4) is 0 Å². The average Bonchev–Trinajstić information content (AvgIpc) is 2.60. The van der Waals surface area contributed by atoms with Crippen LogP contribution in [0, 0.1) is 5.41 Å². The van der Waals surface area contributed by atoms with Crippen LogP contribution in [-0.4, -0.2) is 19.1 Å². The minimum Gasteiger partial charge on any atom is -0.469 e. The summed E-state index contributed by atoms with van der Waals surface area (Å²) in [6.45, 7) is 2.01. The van der Waals surface area contributed by atoms with Gasteiger partial charge in [-0.15, -0.1) is 0 Å². The van der Waals surface area contributed by atoms with Crippen molar-refractivity contribution in [2.24, 2.45) is 5.41 Å². The molecule has 3 rings (SSSR count). The molecule has 23 heavy (non-hydrogen) atoms. The molecule has 1 heterocycles. The van der Waals surface area contributed by atoms with Crippen molar-refractivity contribution in [1.82, 2.24) is 0 Å². The number of hydrogen-bond donors (Lipinski definition) is 1. The van der Waals surface area contributed by atoms with Gasteiger partial charge in [-0.3, -0.25) is 4.79 Å². The Balaban J connectivity index is 1.84. The highest BCUT2D eigenvalue weighted by Gasteiger charge is 2.45. The number of aryl methyl sites for hydroxylation is 1. The molecule has 0 fully saturated rings. The molecule has 3 nitrogen and oxygen atoms in total. The lowest BCUT2D eigenvalue weighted by molar-refractivity contribution is -0.153. The highest BCUT2D eigenvalue weighted by atomic mass is 16.5. The smallest absolute Gasteiger partial charge is 0.313 e. The highest BCUT2D eigenvalue weighted by molar-refractivity contribution is 5.80. The minimum absolute atomic E-state index is 0.0602. The van der Waals surface area contributed by atoms with Gasteiger partial charge in [-0.25, -0.2) is 0 Å².